The highest BCUT2D eigenvalue weighted by Gasteiger charge is 2.29. The maximum absolute atomic E-state index is 12.4. The molecule has 0 aliphatic carbocycles. The molecule has 0 atom stereocenters. The molecule has 2 aromatic rings. The van der Waals surface area contributed by atoms with Crippen molar-refractivity contribution in [3.8, 4) is 0 Å². The van der Waals surface area contributed by atoms with Crippen LogP contribution in [0, 0.1) is 0 Å². The van der Waals surface area contributed by atoms with Gasteiger partial charge < -0.3 is 10.6 Å². The Bertz CT molecular complexity index is 777. The molecule has 0 radical (unpaired) electrons. The van der Waals surface area contributed by atoms with Crippen molar-refractivity contribution in [3.63, 3.8) is 0 Å². The molecule has 7 heteroatoms. The number of hydrogen-bond donors (Lipinski definition) is 2. The van der Waals surface area contributed by atoms with Crippen LogP contribution in [0.2, 0.25) is 0 Å². The number of carbonyl (C=O) groups is 3. The fraction of sp³-hybridized carbons (Fsp3) is 0.423. The van der Waals surface area contributed by atoms with Crippen molar-refractivity contribution in [2.45, 2.75) is 41.7 Å². The Kier molecular flexibility index (Phi) is 18.9. The molecule has 1 aliphatic rings. The number of nitrogens with zero attached hydrogens (tertiary/aromatic N) is 2. The summed E-state index contributed by atoms with van der Waals surface area (Å²) in [5.41, 5.74) is 1.74. The van der Waals surface area contributed by atoms with Crippen molar-refractivity contribution in [2.24, 2.45) is 0 Å². The fourth-order valence-corrected chi connectivity index (χ4v) is 2.77. The lowest BCUT2D eigenvalue weighted by Crippen LogP contribution is -2.52. The third-order valence-electron chi connectivity index (χ3n) is 4.27. The summed E-state index contributed by atoms with van der Waals surface area (Å²) in [4.78, 5) is 38.0. The van der Waals surface area contributed by atoms with Crippen molar-refractivity contribution in [3.05, 3.63) is 71.8 Å². The highest BCUT2D eigenvalue weighted by atomic mass is 16.2. The molecule has 2 aromatic carbocycles. The summed E-state index contributed by atoms with van der Waals surface area (Å²) in [5.74, 6) is -0.332. The van der Waals surface area contributed by atoms with Crippen LogP contribution in [0.3, 0.4) is 0 Å². The largest absolute Gasteiger partial charge is 0.341 e. The zero-order valence-corrected chi connectivity index (χ0v) is 20.2. The molecule has 2 N–H and O–H groups in total. The van der Waals surface area contributed by atoms with E-state index in [9.17, 15) is 14.4 Å². The topological polar surface area (TPSA) is 81.8 Å². The lowest BCUT2D eigenvalue weighted by molar-refractivity contribution is -0.133. The molecule has 4 amide bonds. The minimum Gasteiger partial charge on any atom is -0.341 e. The molecule has 0 aromatic heterocycles. The van der Waals surface area contributed by atoms with Crippen LogP contribution in [0.1, 0.15) is 51.0 Å². The van der Waals surface area contributed by atoms with Gasteiger partial charge in [-0.05, 0) is 17.7 Å². The average Bonchev–Trinajstić information content (AvgIpc) is 2.87. The number of piperazine rings is 1. The van der Waals surface area contributed by atoms with Crippen molar-refractivity contribution < 1.29 is 14.4 Å². The van der Waals surface area contributed by atoms with Gasteiger partial charge in [0.2, 0.25) is 5.91 Å². The Balaban J connectivity index is 0. The second-order valence-corrected chi connectivity index (χ2v) is 6.24. The van der Waals surface area contributed by atoms with Crippen LogP contribution in [0.15, 0.2) is 60.7 Å². The third-order valence-corrected chi connectivity index (χ3v) is 4.27. The van der Waals surface area contributed by atoms with Gasteiger partial charge in [0.1, 0.15) is 0 Å². The molecule has 1 saturated heterocycles. The smallest absolute Gasteiger partial charge is 0.314 e. The Labute approximate surface area is 200 Å². The molecule has 0 saturated carbocycles. The number of imide groups is 1. The first-order valence-corrected chi connectivity index (χ1v) is 11.1. The molecular formula is C26H42N4O3. The van der Waals surface area contributed by atoms with Gasteiger partial charge in [0.15, 0.2) is 0 Å². The van der Waals surface area contributed by atoms with E-state index in [1.165, 1.54) is 10.5 Å². The highest BCUT2D eigenvalue weighted by molar-refractivity contribution is 6.05. The highest BCUT2D eigenvalue weighted by Crippen LogP contribution is 2.12. The fourth-order valence-electron chi connectivity index (χ4n) is 2.77. The van der Waals surface area contributed by atoms with Gasteiger partial charge in [-0.2, -0.15) is 0 Å². The van der Waals surface area contributed by atoms with E-state index in [1.54, 1.807) is 26.2 Å². The molecule has 1 fully saturated rings. The van der Waals surface area contributed by atoms with E-state index in [1.807, 2.05) is 76.2 Å². The number of carbonyl (C=O) groups excluding carboxylic acids is 3. The van der Waals surface area contributed by atoms with Crippen LogP contribution < -0.4 is 10.6 Å². The van der Waals surface area contributed by atoms with E-state index >= 15 is 0 Å². The van der Waals surface area contributed by atoms with Gasteiger partial charge in [-0.25, -0.2) is 4.79 Å². The Hall–Kier alpha value is -3.19. The molecule has 0 unspecified atom stereocenters. The third kappa shape index (κ3) is 11.8. The number of hydrogen-bond acceptors (Lipinski definition) is 4. The van der Waals surface area contributed by atoms with Crippen molar-refractivity contribution in [1.29, 1.82) is 0 Å². The Morgan fingerprint density at radius 3 is 1.73 bits per heavy atom. The summed E-state index contributed by atoms with van der Waals surface area (Å²) in [6, 6.07) is 18.9. The quantitative estimate of drug-likeness (QED) is 0.668. The molecule has 1 heterocycles. The zero-order valence-electron chi connectivity index (χ0n) is 20.2. The van der Waals surface area contributed by atoms with E-state index in [-0.39, 0.29) is 31.8 Å². The SMILES string of the molecule is C.CC.CC.CNC(=O)NC.O=C1CN(Cc2ccccc2)CCN1C(=O)c1ccccc1. The van der Waals surface area contributed by atoms with Crippen LogP contribution in [0.5, 0.6) is 0 Å². The zero-order chi connectivity index (χ0) is 24.4. The van der Waals surface area contributed by atoms with Gasteiger partial charge in [-0.1, -0.05) is 83.7 Å². The molecule has 184 valence electrons. The van der Waals surface area contributed by atoms with Gasteiger partial charge in [0.05, 0.1) is 6.54 Å². The van der Waals surface area contributed by atoms with E-state index in [2.05, 4.69) is 15.5 Å². The molecule has 0 spiro atoms. The van der Waals surface area contributed by atoms with Crippen molar-refractivity contribution >= 4 is 17.8 Å². The van der Waals surface area contributed by atoms with E-state index in [0.717, 1.165) is 6.54 Å². The van der Waals surface area contributed by atoms with E-state index in [4.69, 9.17) is 0 Å². The molecular weight excluding hydrogens is 416 g/mol. The molecule has 7 nitrogen and oxygen atoms in total. The monoisotopic (exact) mass is 458 g/mol. The van der Waals surface area contributed by atoms with E-state index < -0.39 is 0 Å². The van der Waals surface area contributed by atoms with E-state index in [0.29, 0.717) is 18.7 Å². The summed E-state index contributed by atoms with van der Waals surface area (Å²) in [5, 5.41) is 4.73. The van der Waals surface area contributed by atoms with Crippen LogP contribution in [-0.4, -0.2) is 61.4 Å². The predicted octanol–water partition coefficient (Wildman–Crippen LogP) is 4.40. The second-order valence-electron chi connectivity index (χ2n) is 6.24. The first kappa shape index (κ1) is 32.0. The molecule has 3 rings (SSSR count). The summed E-state index contributed by atoms with van der Waals surface area (Å²) < 4.78 is 0. The predicted molar refractivity (Wildman–Crippen MR) is 137 cm³/mol. The lowest BCUT2D eigenvalue weighted by atomic mass is 10.1. The lowest BCUT2D eigenvalue weighted by Gasteiger charge is -2.33. The first-order chi connectivity index (χ1) is 15.5. The summed E-state index contributed by atoms with van der Waals surface area (Å²) in [7, 11) is 3.14. The maximum Gasteiger partial charge on any atom is 0.314 e. The van der Waals surface area contributed by atoms with Gasteiger partial charge in [0, 0.05) is 39.3 Å². The second kappa shape index (κ2) is 19.5. The van der Waals surface area contributed by atoms with Crippen molar-refractivity contribution in [2.75, 3.05) is 33.7 Å². The van der Waals surface area contributed by atoms with Gasteiger partial charge in [-0.15, -0.1) is 0 Å². The number of benzene rings is 2. The van der Waals surface area contributed by atoms with Crippen molar-refractivity contribution in [1.82, 2.24) is 20.4 Å². The van der Waals surface area contributed by atoms with Crippen LogP contribution in [0.4, 0.5) is 4.79 Å². The van der Waals surface area contributed by atoms with Gasteiger partial charge in [-0.3, -0.25) is 19.4 Å². The summed E-state index contributed by atoms with van der Waals surface area (Å²) in [6.07, 6.45) is 0. The van der Waals surface area contributed by atoms with Gasteiger partial charge in [0.25, 0.3) is 5.91 Å². The number of nitrogens with one attached hydrogen (secondary N) is 2. The van der Waals surface area contributed by atoms with Crippen LogP contribution in [-0.2, 0) is 11.3 Å². The summed E-state index contributed by atoms with van der Waals surface area (Å²) in [6.45, 7) is 10.2. The maximum atomic E-state index is 12.4. The number of amides is 4. The first-order valence-electron chi connectivity index (χ1n) is 11.1. The van der Waals surface area contributed by atoms with Crippen LogP contribution in [0.25, 0.3) is 0 Å². The minimum absolute atomic E-state index is 0. The summed E-state index contributed by atoms with van der Waals surface area (Å²) >= 11 is 0. The van der Waals surface area contributed by atoms with Crippen LogP contribution >= 0.6 is 0 Å². The molecule has 0 bridgehead atoms. The van der Waals surface area contributed by atoms with Gasteiger partial charge >= 0.3 is 6.03 Å². The molecule has 33 heavy (non-hydrogen) atoms. The minimum atomic E-state index is -0.204. The average molecular weight is 459 g/mol. The normalized spacial score (nSPS) is 12.2. The molecule has 1 aliphatic heterocycles. The standard InChI is InChI=1S/C18H18N2O2.C3H8N2O.2C2H6.CH4/c21-17-14-19(13-15-7-3-1-4-8-15)11-12-20(17)18(22)16-9-5-2-6-10-16;1-4-3(6)5-2;2*1-2;/h1-10H,11-14H2;1-2H3,(H2,4,5,6);2*1-2H3;1H4. The number of urea groups is 1. The Morgan fingerprint density at radius 2 is 1.30 bits per heavy atom. The number of rotatable bonds is 3. The Morgan fingerprint density at radius 1 is 0.818 bits per heavy atom.